The Labute approximate surface area is 93.4 Å². The number of amides is 1. The number of rotatable bonds is 0. The molecule has 1 amide bonds. The third-order valence-electron chi connectivity index (χ3n) is 2.78. The number of fused-ring (bicyclic) bond motifs is 1. The van der Waals surface area contributed by atoms with E-state index < -0.39 is 0 Å². The minimum Gasteiger partial charge on any atom is -0.481 e. The zero-order chi connectivity index (χ0) is 11.2. The van der Waals surface area contributed by atoms with Gasteiger partial charge in [-0.1, -0.05) is 11.6 Å². The van der Waals surface area contributed by atoms with Gasteiger partial charge in [-0.25, -0.2) is 0 Å². The van der Waals surface area contributed by atoms with Gasteiger partial charge < -0.3 is 10.1 Å². The average molecular weight is 226 g/mol. The van der Waals surface area contributed by atoms with Crippen molar-refractivity contribution in [3.63, 3.8) is 0 Å². The van der Waals surface area contributed by atoms with E-state index in [1.807, 2.05) is 20.8 Å². The van der Waals surface area contributed by atoms with E-state index in [0.29, 0.717) is 10.7 Å². The molecule has 4 heteroatoms. The van der Waals surface area contributed by atoms with E-state index >= 15 is 0 Å². The number of carbonyl (C=O) groups excluding carboxylic acids is 1. The van der Waals surface area contributed by atoms with Gasteiger partial charge in [0.25, 0.3) is 5.91 Å². The van der Waals surface area contributed by atoms with Crippen LogP contribution in [-0.2, 0) is 4.79 Å². The summed E-state index contributed by atoms with van der Waals surface area (Å²) in [5.74, 6) is 0.610. The highest BCUT2D eigenvalue weighted by Crippen LogP contribution is 2.41. The Kier molecular flexibility index (Phi) is 2.35. The first kappa shape index (κ1) is 10.3. The third-order valence-corrected chi connectivity index (χ3v) is 3.34. The maximum absolute atomic E-state index is 11.2. The van der Waals surface area contributed by atoms with E-state index in [2.05, 4.69) is 5.32 Å². The lowest BCUT2D eigenvalue weighted by Crippen LogP contribution is -2.26. The molecule has 2 rings (SSSR count). The molecule has 0 aliphatic carbocycles. The number of anilines is 1. The van der Waals surface area contributed by atoms with Crippen molar-refractivity contribution >= 4 is 23.2 Å². The summed E-state index contributed by atoms with van der Waals surface area (Å²) in [4.78, 5) is 11.2. The lowest BCUT2D eigenvalue weighted by Gasteiger charge is -2.24. The number of hydrogen-bond acceptors (Lipinski definition) is 2. The minimum atomic E-state index is -0.134. The number of hydrogen-bond donors (Lipinski definition) is 1. The van der Waals surface area contributed by atoms with E-state index in [0.717, 1.165) is 22.4 Å². The molecule has 0 spiro atoms. The van der Waals surface area contributed by atoms with E-state index in [1.54, 1.807) is 0 Å². The van der Waals surface area contributed by atoms with Crippen molar-refractivity contribution in [1.29, 1.82) is 0 Å². The summed E-state index contributed by atoms with van der Waals surface area (Å²) in [5, 5.41) is 3.48. The molecule has 0 unspecified atom stereocenters. The Balaban J connectivity index is 2.70. The van der Waals surface area contributed by atoms with Crippen LogP contribution in [0.3, 0.4) is 0 Å². The number of nitrogens with one attached hydrogen (secondary N) is 1. The second kappa shape index (κ2) is 3.42. The second-order valence-electron chi connectivity index (χ2n) is 3.73. The molecule has 0 saturated heterocycles. The molecule has 1 heterocycles. The highest BCUT2D eigenvalue weighted by Gasteiger charge is 2.23. The van der Waals surface area contributed by atoms with Gasteiger partial charge in [-0.3, -0.25) is 4.79 Å². The summed E-state index contributed by atoms with van der Waals surface area (Å²) in [7, 11) is 0. The maximum atomic E-state index is 11.2. The fourth-order valence-corrected chi connectivity index (χ4v) is 1.96. The molecule has 0 saturated carbocycles. The topological polar surface area (TPSA) is 38.3 Å². The second-order valence-corrected chi connectivity index (χ2v) is 4.11. The summed E-state index contributed by atoms with van der Waals surface area (Å²) in [6.45, 7) is 5.85. The van der Waals surface area contributed by atoms with E-state index in [4.69, 9.17) is 16.3 Å². The zero-order valence-electron chi connectivity index (χ0n) is 8.90. The van der Waals surface area contributed by atoms with Crippen LogP contribution in [0.25, 0.3) is 0 Å². The van der Waals surface area contributed by atoms with Crippen LogP contribution in [0.2, 0.25) is 5.02 Å². The maximum Gasteiger partial charge on any atom is 0.262 e. The predicted octanol–water partition coefficient (Wildman–Crippen LogP) is 2.60. The molecule has 1 aromatic rings. The Morgan fingerprint density at radius 3 is 2.53 bits per heavy atom. The highest BCUT2D eigenvalue weighted by atomic mass is 35.5. The highest BCUT2D eigenvalue weighted by molar-refractivity contribution is 6.33. The van der Waals surface area contributed by atoms with Crippen molar-refractivity contribution in [3.05, 3.63) is 21.7 Å². The molecule has 0 atom stereocenters. The minimum absolute atomic E-state index is 0.0777. The Hall–Kier alpha value is -1.22. The molecule has 80 valence electrons. The van der Waals surface area contributed by atoms with Crippen LogP contribution in [0, 0.1) is 20.8 Å². The molecule has 1 aliphatic heterocycles. The zero-order valence-corrected chi connectivity index (χ0v) is 9.66. The van der Waals surface area contributed by atoms with Gasteiger partial charge in [0.1, 0.15) is 5.75 Å². The van der Waals surface area contributed by atoms with Crippen LogP contribution < -0.4 is 10.1 Å². The fraction of sp³-hybridized carbons (Fsp3) is 0.364. The van der Waals surface area contributed by atoms with Gasteiger partial charge in [0.15, 0.2) is 6.61 Å². The van der Waals surface area contributed by atoms with Gasteiger partial charge in [-0.05, 0) is 37.5 Å². The molecule has 0 aromatic heterocycles. The number of benzene rings is 1. The Morgan fingerprint density at radius 1 is 1.20 bits per heavy atom. The lowest BCUT2D eigenvalue weighted by atomic mass is 10.0. The number of ether oxygens (including phenoxy) is 1. The molecular formula is C11H12ClNO2. The van der Waals surface area contributed by atoms with Crippen LogP contribution in [0.5, 0.6) is 5.75 Å². The van der Waals surface area contributed by atoms with E-state index in [-0.39, 0.29) is 12.5 Å². The van der Waals surface area contributed by atoms with E-state index in [9.17, 15) is 4.79 Å². The van der Waals surface area contributed by atoms with Gasteiger partial charge in [-0.15, -0.1) is 0 Å². The first-order chi connectivity index (χ1) is 7.02. The predicted molar refractivity (Wildman–Crippen MR) is 59.8 cm³/mol. The molecule has 0 radical (unpaired) electrons. The van der Waals surface area contributed by atoms with Crippen molar-refractivity contribution in [2.45, 2.75) is 20.8 Å². The lowest BCUT2D eigenvalue weighted by molar-refractivity contribution is -0.118. The Bertz CT molecular complexity index is 455. The first-order valence-corrected chi connectivity index (χ1v) is 5.12. The van der Waals surface area contributed by atoms with Gasteiger partial charge in [0, 0.05) is 5.02 Å². The van der Waals surface area contributed by atoms with Gasteiger partial charge >= 0.3 is 0 Å². The van der Waals surface area contributed by atoms with Crippen LogP contribution in [0.1, 0.15) is 16.7 Å². The van der Waals surface area contributed by atoms with Crippen LogP contribution in [-0.4, -0.2) is 12.5 Å². The van der Waals surface area contributed by atoms with Crippen LogP contribution >= 0.6 is 11.6 Å². The molecule has 1 aliphatic rings. The van der Waals surface area contributed by atoms with Crippen molar-refractivity contribution in [1.82, 2.24) is 0 Å². The van der Waals surface area contributed by atoms with Gasteiger partial charge in [0.2, 0.25) is 0 Å². The first-order valence-electron chi connectivity index (χ1n) is 4.74. The van der Waals surface area contributed by atoms with E-state index in [1.165, 1.54) is 0 Å². The molecule has 0 fully saturated rings. The van der Waals surface area contributed by atoms with Crippen LogP contribution in [0.15, 0.2) is 0 Å². The molecule has 0 bridgehead atoms. The van der Waals surface area contributed by atoms with Crippen molar-refractivity contribution in [3.8, 4) is 5.75 Å². The summed E-state index contributed by atoms with van der Waals surface area (Å²) < 4.78 is 5.41. The van der Waals surface area contributed by atoms with Gasteiger partial charge in [-0.2, -0.15) is 0 Å². The summed E-state index contributed by atoms with van der Waals surface area (Å²) >= 11 is 6.16. The summed E-state index contributed by atoms with van der Waals surface area (Å²) in [6, 6.07) is 0. The normalized spacial score (nSPS) is 14.3. The molecule has 1 aromatic carbocycles. The molecule has 3 nitrogen and oxygen atoms in total. The number of halogens is 1. The molecular weight excluding hydrogens is 214 g/mol. The Morgan fingerprint density at radius 2 is 1.87 bits per heavy atom. The van der Waals surface area contributed by atoms with Crippen molar-refractivity contribution in [2.75, 3.05) is 11.9 Å². The SMILES string of the molecule is Cc1c(C)c2c(c(C)c1Cl)NC(=O)CO2. The summed E-state index contributed by atoms with van der Waals surface area (Å²) in [5.41, 5.74) is 3.56. The monoisotopic (exact) mass is 225 g/mol. The van der Waals surface area contributed by atoms with Crippen molar-refractivity contribution in [2.24, 2.45) is 0 Å². The fourth-order valence-electron chi connectivity index (χ4n) is 1.73. The van der Waals surface area contributed by atoms with Gasteiger partial charge in [0.05, 0.1) is 5.69 Å². The standard InChI is InChI=1S/C11H12ClNO2/c1-5-6(2)11-10(7(3)9(5)12)13-8(14)4-15-11/h4H2,1-3H3,(H,13,14). The van der Waals surface area contributed by atoms with Crippen molar-refractivity contribution < 1.29 is 9.53 Å². The third kappa shape index (κ3) is 1.47. The molecule has 15 heavy (non-hydrogen) atoms. The molecule has 1 N–H and O–H groups in total. The average Bonchev–Trinajstić information content (AvgIpc) is 2.23. The summed E-state index contributed by atoms with van der Waals surface area (Å²) in [6.07, 6.45) is 0. The quantitative estimate of drug-likeness (QED) is 0.737. The largest absolute Gasteiger partial charge is 0.481 e. The number of carbonyl (C=O) groups is 1. The smallest absolute Gasteiger partial charge is 0.262 e. The van der Waals surface area contributed by atoms with Crippen LogP contribution in [0.4, 0.5) is 5.69 Å².